The number of methoxy groups -OCH3 is 1. The van der Waals surface area contributed by atoms with E-state index in [2.05, 4.69) is 0 Å². The van der Waals surface area contributed by atoms with E-state index in [4.69, 9.17) is 30.8 Å². The van der Waals surface area contributed by atoms with Gasteiger partial charge in [0.25, 0.3) is 0 Å². The largest absolute Gasteiger partial charge is 0.496 e. The van der Waals surface area contributed by atoms with Crippen molar-refractivity contribution in [3.05, 3.63) is 76.0 Å². The van der Waals surface area contributed by atoms with Crippen molar-refractivity contribution < 1.29 is 28.6 Å². The molecule has 2 aliphatic rings. The van der Waals surface area contributed by atoms with Crippen molar-refractivity contribution in [1.82, 2.24) is 0 Å². The number of carbonyl (C=O) groups excluding carboxylic acids is 3. The molecule has 4 atom stereocenters. The summed E-state index contributed by atoms with van der Waals surface area (Å²) in [5.41, 5.74) is 2.67. The predicted molar refractivity (Wildman–Crippen MR) is 140 cm³/mol. The van der Waals surface area contributed by atoms with Gasteiger partial charge in [-0.2, -0.15) is 0 Å². The number of allylic oxidation sites excluding steroid dienone is 1. The minimum atomic E-state index is -1.10. The van der Waals surface area contributed by atoms with Crippen LogP contribution in [0, 0.1) is 11.8 Å². The van der Waals surface area contributed by atoms with Gasteiger partial charge in [0.2, 0.25) is 0 Å². The van der Waals surface area contributed by atoms with Crippen molar-refractivity contribution in [2.24, 2.45) is 16.8 Å². The van der Waals surface area contributed by atoms with E-state index in [1.807, 2.05) is 18.2 Å². The number of esters is 2. The number of carbonyl (C=O) groups is 3. The van der Waals surface area contributed by atoms with E-state index in [0.717, 1.165) is 5.56 Å². The number of hydrogen-bond acceptors (Lipinski definition) is 7. The highest BCUT2D eigenvalue weighted by Gasteiger charge is 2.53. The van der Waals surface area contributed by atoms with Gasteiger partial charge in [-0.25, -0.2) is 4.79 Å². The summed E-state index contributed by atoms with van der Waals surface area (Å²) in [6, 6.07) is 14.4. The van der Waals surface area contributed by atoms with E-state index in [1.165, 1.54) is 0 Å². The fourth-order valence-electron chi connectivity index (χ4n) is 5.49. The molecule has 0 N–H and O–H groups in total. The van der Waals surface area contributed by atoms with Gasteiger partial charge >= 0.3 is 11.9 Å². The Bertz CT molecular complexity index is 1280. The molecular formula is C29H30ClNO6. The number of ether oxygens (including phenoxy) is 3. The van der Waals surface area contributed by atoms with Gasteiger partial charge in [0.1, 0.15) is 11.7 Å². The molecule has 1 heterocycles. The molecule has 2 aromatic rings. The molecule has 0 spiro atoms. The number of halogens is 1. The van der Waals surface area contributed by atoms with Gasteiger partial charge in [-0.05, 0) is 50.5 Å². The Balaban J connectivity index is 1.93. The fourth-order valence-corrected chi connectivity index (χ4v) is 5.74. The lowest BCUT2D eigenvalue weighted by atomic mass is 9.62. The zero-order chi connectivity index (χ0) is 26.7. The molecule has 194 valence electrons. The van der Waals surface area contributed by atoms with Gasteiger partial charge in [-0.3, -0.25) is 14.6 Å². The summed E-state index contributed by atoms with van der Waals surface area (Å²) >= 11 is 6.61. The molecule has 2 aromatic carbocycles. The molecule has 0 aromatic heterocycles. The van der Waals surface area contributed by atoms with Crippen molar-refractivity contribution >= 4 is 35.0 Å². The molecular weight excluding hydrogens is 494 g/mol. The van der Waals surface area contributed by atoms with Crippen LogP contribution in [0.2, 0.25) is 5.02 Å². The fraction of sp³-hybridized carbons (Fsp3) is 0.379. The predicted octanol–water partition coefficient (Wildman–Crippen LogP) is 5.28. The first-order valence-corrected chi connectivity index (χ1v) is 12.7. The highest BCUT2D eigenvalue weighted by molar-refractivity contribution is 6.31. The van der Waals surface area contributed by atoms with Crippen LogP contribution in [-0.2, 0) is 23.9 Å². The van der Waals surface area contributed by atoms with Crippen molar-refractivity contribution in [1.29, 1.82) is 0 Å². The Labute approximate surface area is 221 Å². The molecule has 1 fully saturated rings. The van der Waals surface area contributed by atoms with Crippen LogP contribution >= 0.6 is 11.6 Å². The third kappa shape index (κ3) is 4.92. The summed E-state index contributed by atoms with van der Waals surface area (Å²) < 4.78 is 16.3. The second-order valence-electron chi connectivity index (χ2n) is 8.98. The smallest absolute Gasteiger partial charge is 0.336 e. The number of nitrogens with zero attached hydrogens (tertiary/aromatic N) is 1. The van der Waals surface area contributed by atoms with Gasteiger partial charge in [0.15, 0.2) is 5.78 Å². The zero-order valence-electron chi connectivity index (χ0n) is 21.3. The van der Waals surface area contributed by atoms with E-state index in [-0.39, 0.29) is 24.6 Å². The first-order valence-electron chi connectivity index (χ1n) is 12.4. The Kier molecular flexibility index (Phi) is 8.13. The molecule has 8 heteroatoms. The normalized spacial score (nSPS) is 23.2. The van der Waals surface area contributed by atoms with Gasteiger partial charge in [-0.15, -0.1) is 0 Å². The first kappa shape index (κ1) is 26.6. The Morgan fingerprint density at radius 1 is 0.973 bits per heavy atom. The SMILES string of the molecule is CCOC(=O)C1=C(C)N=C2C[C@H](c3ccccc3OC)[C@@H](C(=O)OCC)C(=O)C2[C@@H]1c1ccccc1Cl. The van der Waals surface area contributed by atoms with Crippen LogP contribution in [0.4, 0.5) is 0 Å². The Morgan fingerprint density at radius 3 is 2.27 bits per heavy atom. The van der Waals surface area contributed by atoms with Gasteiger partial charge < -0.3 is 14.2 Å². The average Bonchev–Trinajstić information content (AvgIpc) is 2.88. The highest BCUT2D eigenvalue weighted by atomic mass is 35.5. The minimum absolute atomic E-state index is 0.133. The van der Waals surface area contributed by atoms with E-state index in [0.29, 0.717) is 34.2 Å². The van der Waals surface area contributed by atoms with Crippen LogP contribution in [-0.4, -0.2) is 43.8 Å². The highest BCUT2D eigenvalue weighted by Crippen LogP contribution is 2.50. The molecule has 1 aliphatic carbocycles. The summed E-state index contributed by atoms with van der Waals surface area (Å²) in [4.78, 5) is 45.6. The Morgan fingerprint density at radius 2 is 1.62 bits per heavy atom. The van der Waals surface area contributed by atoms with E-state index in [1.54, 1.807) is 58.2 Å². The molecule has 0 saturated heterocycles. The molecule has 0 bridgehead atoms. The van der Waals surface area contributed by atoms with Crippen LogP contribution < -0.4 is 4.74 Å². The van der Waals surface area contributed by atoms with Crippen molar-refractivity contribution in [3.63, 3.8) is 0 Å². The van der Waals surface area contributed by atoms with Crippen LogP contribution in [0.15, 0.2) is 64.8 Å². The number of fused-ring (bicyclic) bond motifs is 1. The van der Waals surface area contributed by atoms with Crippen molar-refractivity contribution in [2.75, 3.05) is 20.3 Å². The molecule has 37 heavy (non-hydrogen) atoms. The third-order valence-corrected chi connectivity index (χ3v) is 7.31. The average molecular weight is 524 g/mol. The summed E-state index contributed by atoms with van der Waals surface area (Å²) in [5, 5.41) is 0.413. The van der Waals surface area contributed by atoms with Crippen LogP contribution in [0.3, 0.4) is 0 Å². The number of rotatable bonds is 7. The van der Waals surface area contributed by atoms with E-state index >= 15 is 0 Å². The van der Waals surface area contributed by atoms with E-state index in [9.17, 15) is 14.4 Å². The molecule has 1 saturated carbocycles. The molecule has 1 aliphatic heterocycles. The maximum absolute atomic E-state index is 14.3. The summed E-state index contributed by atoms with van der Waals surface area (Å²) in [6.07, 6.45) is 0.314. The lowest BCUT2D eigenvalue weighted by Gasteiger charge is -2.41. The number of aliphatic imine (C=N–C) groups is 1. The standard InChI is InChI=1S/C29H30ClNO6/c1-5-36-28(33)23-16(3)31-21-15-19(17-11-8-10-14-22(17)35-4)25(29(34)37-6-2)27(32)26(21)24(23)18-12-7-9-13-20(18)30/h7-14,19,24-26H,5-6,15H2,1-4H3/t19-,24-,25-,26?/m1/s1. The topological polar surface area (TPSA) is 91.3 Å². The molecule has 0 amide bonds. The summed E-state index contributed by atoms with van der Waals surface area (Å²) in [7, 11) is 1.55. The number of Topliss-reactive ketones (excluding diaryl/α,β-unsaturated/α-hetero) is 1. The maximum atomic E-state index is 14.3. The van der Waals surface area contributed by atoms with Crippen LogP contribution in [0.1, 0.15) is 50.2 Å². The third-order valence-electron chi connectivity index (χ3n) is 6.96. The summed E-state index contributed by atoms with van der Waals surface area (Å²) in [5.74, 6) is -4.21. The second kappa shape index (κ2) is 11.3. The maximum Gasteiger partial charge on any atom is 0.336 e. The van der Waals surface area contributed by atoms with Crippen molar-refractivity contribution in [2.45, 2.75) is 39.0 Å². The van der Waals surface area contributed by atoms with Gasteiger partial charge in [0, 0.05) is 28.3 Å². The van der Waals surface area contributed by atoms with Crippen molar-refractivity contribution in [3.8, 4) is 5.75 Å². The van der Waals surface area contributed by atoms with Gasteiger partial charge in [-0.1, -0.05) is 48.0 Å². The van der Waals surface area contributed by atoms with Crippen LogP contribution in [0.5, 0.6) is 5.75 Å². The van der Waals surface area contributed by atoms with Gasteiger partial charge in [0.05, 0.1) is 31.8 Å². The lowest BCUT2D eigenvalue weighted by Crippen LogP contribution is -2.48. The molecule has 0 radical (unpaired) electrons. The lowest BCUT2D eigenvalue weighted by molar-refractivity contribution is -0.153. The first-order chi connectivity index (χ1) is 17.8. The number of benzene rings is 2. The Hall–Kier alpha value is -3.45. The zero-order valence-corrected chi connectivity index (χ0v) is 22.1. The molecule has 4 rings (SSSR count). The second-order valence-corrected chi connectivity index (χ2v) is 9.39. The monoisotopic (exact) mass is 523 g/mol. The van der Waals surface area contributed by atoms with Crippen LogP contribution in [0.25, 0.3) is 0 Å². The number of hydrogen-bond donors (Lipinski definition) is 0. The quantitative estimate of drug-likeness (QED) is 0.362. The summed E-state index contributed by atoms with van der Waals surface area (Å²) in [6.45, 7) is 5.46. The molecule has 1 unspecified atom stereocenters. The van der Waals surface area contributed by atoms with E-state index < -0.39 is 35.6 Å². The number of ketones is 1. The molecule has 7 nitrogen and oxygen atoms in total. The number of para-hydroxylation sites is 1. The minimum Gasteiger partial charge on any atom is -0.496 e.